The summed E-state index contributed by atoms with van der Waals surface area (Å²) in [5.41, 5.74) is -2.68. The SMILES string of the molecule is COC(C(OC(C)=O)Sc1ccccc1)C(F)(F)C(F)(F)C(F)(F)C(F)(F)C(F)(F)C(F)(F)F. The summed E-state index contributed by atoms with van der Waals surface area (Å²) in [5.74, 6) is -39.5. The molecule has 2 unspecified atom stereocenters. The molecule has 3 nitrogen and oxygen atoms in total. The van der Waals surface area contributed by atoms with Gasteiger partial charge in [0.1, 0.15) is 0 Å². The van der Waals surface area contributed by atoms with Crippen LogP contribution in [-0.2, 0) is 14.3 Å². The van der Waals surface area contributed by atoms with Gasteiger partial charge in [0.25, 0.3) is 0 Å². The minimum atomic E-state index is -8.05. The van der Waals surface area contributed by atoms with Crippen LogP contribution in [0.1, 0.15) is 6.92 Å². The maximum Gasteiger partial charge on any atom is 0.460 e. The maximum atomic E-state index is 14.6. The predicted octanol–water partition coefficient (Wildman–Crippen LogP) is 6.42. The molecular weight excluding hydrogens is 531 g/mol. The smallest absolute Gasteiger partial charge is 0.448 e. The molecule has 2 atom stereocenters. The molecule has 1 rings (SSSR count). The molecule has 0 fully saturated rings. The van der Waals surface area contributed by atoms with Gasteiger partial charge in [0.2, 0.25) is 0 Å². The van der Waals surface area contributed by atoms with Crippen LogP contribution in [0, 0.1) is 0 Å². The van der Waals surface area contributed by atoms with Gasteiger partial charge < -0.3 is 9.47 Å². The molecule has 17 heteroatoms. The van der Waals surface area contributed by atoms with Crippen LogP contribution in [0.3, 0.4) is 0 Å². The van der Waals surface area contributed by atoms with E-state index >= 15 is 0 Å². The molecule has 0 radical (unpaired) electrons. The minimum Gasteiger partial charge on any atom is -0.448 e. The first-order valence-electron chi connectivity index (χ1n) is 8.47. The third kappa shape index (κ3) is 5.04. The van der Waals surface area contributed by atoms with Gasteiger partial charge in [0, 0.05) is 18.9 Å². The van der Waals surface area contributed by atoms with E-state index < -0.39 is 53.3 Å². The average Bonchev–Trinajstić information content (AvgIpc) is 2.67. The zero-order valence-electron chi connectivity index (χ0n) is 16.6. The molecule has 0 bridgehead atoms. The van der Waals surface area contributed by atoms with Crippen molar-refractivity contribution in [3.05, 3.63) is 30.3 Å². The van der Waals surface area contributed by atoms with E-state index in [1.165, 1.54) is 18.2 Å². The van der Waals surface area contributed by atoms with Gasteiger partial charge in [0.15, 0.2) is 11.5 Å². The molecule has 0 N–H and O–H groups in total. The fraction of sp³-hybridized carbons (Fsp3) is 0.588. The standard InChI is InChI=1S/C17H13F13O3S/c1-8(31)33-11(34-9-6-4-3-5-7-9)10(32-2)12(18,19)13(20,21)14(22,23)15(24,25)16(26,27)17(28,29)30/h3-7,10-11H,1-2H3. The number of ether oxygens (including phenoxy) is 2. The van der Waals surface area contributed by atoms with E-state index in [0.717, 1.165) is 12.1 Å². The Labute approximate surface area is 186 Å². The Hall–Kier alpha value is -1.91. The molecule has 0 aromatic heterocycles. The Morgan fingerprint density at radius 2 is 1.21 bits per heavy atom. The molecule has 0 spiro atoms. The number of methoxy groups -OCH3 is 1. The molecule has 0 aliphatic heterocycles. The van der Waals surface area contributed by atoms with Gasteiger partial charge in [-0.25, -0.2) is 0 Å². The average molecular weight is 544 g/mol. The van der Waals surface area contributed by atoms with E-state index in [1.54, 1.807) is 0 Å². The number of hydrogen-bond donors (Lipinski definition) is 0. The number of esters is 1. The van der Waals surface area contributed by atoms with Gasteiger partial charge in [0.05, 0.1) is 0 Å². The van der Waals surface area contributed by atoms with E-state index in [4.69, 9.17) is 0 Å². The van der Waals surface area contributed by atoms with E-state index in [-0.39, 0.29) is 23.8 Å². The lowest BCUT2D eigenvalue weighted by Gasteiger charge is -2.42. The molecule has 34 heavy (non-hydrogen) atoms. The summed E-state index contributed by atoms with van der Waals surface area (Å²) in [7, 11) is 0.164. The lowest BCUT2D eigenvalue weighted by Crippen LogP contribution is -2.72. The maximum absolute atomic E-state index is 14.6. The van der Waals surface area contributed by atoms with Crippen molar-refractivity contribution in [2.24, 2.45) is 0 Å². The van der Waals surface area contributed by atoms with Gasteiger partial charge in [-0.15, -0.1) is 0 Å². The van der Waals surface area contributed by atoms with Crippen LogP contribution in [0.5, 0.6) is 0 Å². The highest BCUT2D eigenvalue weighted by atomic mass is 32.2. The van der Waals surface area contributed by atoms with Crippen molar-refractivity contribution in [3.63, 3.8) is 0 Å². The molecule has 1 aromatic carbocycles. The fourth-order valence-electron chi connectivity index (χ4n) is 2.33. The fourth-order valence-corrected chi connectivity index (χ4v) is 3.51. The number of thioether (sulfide) groups is 1. The van der Waals surface area contributed by atoms with E-state index in [9.17, 15) is 61.9 Å². The summed E-state index contributed by atoms with van der Waals surface area (Å²) in [6, 6.07) is 6.14. The summed E-state index contributed by atoms with van der Waals surface area (Å²) >= 11 is -0.0213. The number of halogens is 13. The second kappa shape index (κ2) is 9.62. The Bertz CT molecular complexity index is 843. The van der Waals surface area contributed by atoms with Gasteiger partial charge >= 0.3 is 41.8 Å². The molecule has 0 aliphatic rings. The van der Waals surface area contributed by atoms with E-state index in [2.05, 4.69) is 9.47 Å². The molecule has 0 saturated carbocycles. The highest BCUT2D eigenvalue weighted by Gasteiger charge is 2.91. The predicted molar refractivity (Wildman–Crippen MR) is 89.4 cm³/mol. The zero-order chi connectivity index (χ0) is 27.0. The van der Waals surface area contributed by atoms with Crippen LogP contribution in [0.2, 0.25) is 0 Å². The second-order valence-corrected chi connectivity index (χ2v) is 7.66. The highest BCUT2D eigenvalue weighted by molar-refractivity contribution is 7.99. The molecule has 196 valence electrons. The first-order valence-corrected chi connectivity index (χ1v) is 9.35. The Morgan fingerprint density at radius 1 is 0.765 bits per heavy atom. The summed E-state index contributed by atoms with van der Waals surface area (Å²) in [5, 5.41) is 0. The molecule has 0 aliphatic carbocycles. The van der Waals surface area contributed by atoms with Crippen molar-refractivity contribution in [2.45, 2.75) is 59.1 Å². The third-order valence-corrected chi connectivity index (χ3v) is 5.21. The summed E-state index contributed by atoms with van der Waals surface area (Å²) in [6.45, 7) is 0.550. The van der Waals surface area contributed by atoms with Crippen LogP contribution in [0.25, 0.3) is 0 Å². The molecule has 1 aromatic rings. The minimum absolute atomic E-state index is 0.0213. The van der Waals surface area contributed by atoms with Crippen LogP contribution in [-0.4, -0.2) is 60.4 Å². The van der Waals surface area contributed by atoms with Gasteiger partial charge in [-0.3, -0.25) is 4.79 Å². The van der Waals surface area contributed by atoms with Crippen LogP contribution >= 0.6 is 11.8 Å². The van der Waals surface area contributed by atoms with Crippen molar-refractivity contribution in [1.29, 1.82) is 0 Å². The van der Waals surface area contributed by atoms with E-state index in [1.807, 2.05) is 0 Å². The van der Waals surface area contributed by atoms with Gasteiger partial charge in [-0.1, -0.05) is 30.0 Å². The van der Waals surface area contributed by atoms with Crippen LogP contribution in [0.15, 0.2) is 35.2 Å². The largest absolute Gasteiger partial charge is 0.460 e. The molecule has 0 amide bonds. The van der Waals surface area contributed by atoms with Crippen molar-refractivity contribution >= 4 is 17.7 Å². The Balaban J connectivity index is 3.58. The molecule has 0 heterocycles. The second-order valence-electron chi connectivity index (χ2n) is 6.48. The first-order chi connectivity index (χ1) is 15.1. The number of alkyl halides is 13. The van der Waals surface area contributed by atoms with Crippen LogP contribution in [0.4, 0.5) is 57.1 Å². The molecular formula is C17H13F13O3S. The zero-order valence-corrected chi connectivity index (χ0v) is 17.4. The van der Waals surface area contributed by atoms with Gasteiger partial charge in [-0.05, 0) is 12.1 Å². The lowest BCUT2D eigenvalue weighted by atomic mass is 9.91. The summed E-state index contributed by atoms with van der Waals surface area (Å²) in [4.78, 5) is 11.1. The summed E-state index contributed by atoms with van der Waals surface area (Å²) < 4.78 is 183. The number of rotatable bonds is 10. The third-order valence-electron chi connectivity index (χ3n) is 4.09. The lowest BCUT2D eigenvalue weighted by molar-refractivity contribution is -0.445. The number of hydrogen-bond acceptors (Lipinski definition) is 4. The van der Waals surface area contributed by atoms with Crippen molar-refractivity contribution in [1.82, 2.24) is 0 Å². The van der Waals surface area contributed by atoms with Crippen molar-refractivity contribution in [2.75, 3.05) is 7.11 Å². The van der Waals surface area contributed by atoms with Crippen LogP contribution < -0.4 is 0 Å². The Kier molecular flexibility index (Phi) is 8.52. The topological polar surface area (TPSA) is 35.5 Å². The normalized spacial score (nSPS) is 16.2. The quantitative estimate of drug-likeness (QED) is 0.147. The number of carbonyl (C=O) groups is 1. The Morgan fingerprint density at radius 3 is 1.59 bits per heavy atom. The highest BCUT2D eigenvalue weighted by Crippen LogP contribution is 2.61. The van der Waals surface area contributed by atoms with Crippen molar-refractivity contribution < 1.29 is 71.3 Å². The number of carbonyl (C=O) groups excluding carboxylic acids is 1. The molecule has 0 saturated heterocycles. The van der Waals surface area contributed by atoms with Gasteiger partial charge in [-0.2, -0.15) is 57.1 Å². The van der Waals surface area contributed by atoms with Crippen molar-refractivity contribution in [3.8, 4) is 0 Å². The first kappa shape index (κ1) is 30.1. The number of benzene rings is 1. The van der Waals surface area contributed by atoms with E-state index in [0.29, 0.717) is 6.92 Å². The summed E-state index contributed by atoms with van der Waals surface area (Å²) in [6.07, 6.45) is -11.3. The monoisotopic (exact) mass is 544 g/mol.